The first-order valence-corrected chi connectivity index (χ1v) is 10.2. The molecule has 1 N–H and O–H groups in total. The van der Waals surface area contributed by atoms with E-state index in [0.717, 1.165) is 61.7 Å². The van der Waals surface area contributed by atoms with E-state index in [1.165, 1.54) is 12.1 Å². The lowest BCUT2D eigenvalue weighted by Crippen LogP contribution is -2.33. The van der Waals surface area contributed by atoms with E-state index in [9.17, 15) is 13.2 Å². The zero-order valence-electron chi connectivity index (χ0n) is 17.5. The molecule has 0 bridgehead atoms. The highest BCUT2D eigenvalue weighted by atomic mass is 19.4. The third-order valence-electron chi connectivity index (χ3n) is 5.63. The molecule has 6 nitrogen and oxygen atoms in total. The first-order chi connectivity index (χ1) is 14.8. The largest absolute Gasteiger partial charge is 0.416 e. The zero-order chi connectivity index (χ0) is 22.0. The Hall–Kier alpha value is -2.94. The Balaban J connectivity index is 1.58. The van der Waals surface area contributed by atoms with Gasteiger partial charge in [-0.05, 0) is 43.6 Å². The second-order valence-electron chi connectivity index (χ2n) is 8.02. The number of benzene rings is 1. The highest BCUT2D eigenvalue weighted by molar-refractivity contribution is 5.67. The standard InChI is InChI=1S/C22H25F3N6/c1-30(2)21-28-13-18(15-3-5-17(6-4-15)22(23,24)25)20(29-21)16-7-11-31(12-8-16)14-19-26-9-10-27-19/h3-6,9-10,13,16H,7-8,11-12,14H2,1-2H3,(H,26,27). The quantitative estimate of drug-likeness (QED) is 0.653. The van der Waals surface area contributed by atoms with Crippen LogP contribution in [0, 0.1) is 0 Å². The summed E-state index contributed by atoms with van der Waals surface area (Å²) in [7, 11) is 3.76. The van der Waals surface area contributed by atoms with E-state index in [-0.39, 0.29) is 5.92 Å². The van der Waals surface area contributed by atoms with E-state index in [0.29, 0.717) is 11.5 Å². The molecule has 31 heavy (non-hydrogen) atoms. The fraction of sp³-hybridized carbons (Fsp3) is 0.409. The second-order valence-corrected chi connectivity index (χ2v) is 8.02. The van der Waals surface area contributed by atoms with Crippen LogP contribution in [-0.4, -0.2) is 52.0 Å². The smallest absolute Gasteiger partial charge is 0.348 e. The van der Waals surface area contributed by atoms with E-state index in [1.807, 2.05) is 25.2 Å². The molecule has 0 aliphatic carbocycles. The number of nitrogens with one attached hydrogen (secondary N) is 1. The topological polar surface area (TPSA) is 60.9 Å². The van der Waals surface area contributed by atoms with Crippen molar-refractivity contribution in [3.8, 4) is 11.1 Å². The average Bonchev–Trinajstić information content (AvgIpc) is 3.26. The van der Waals surface area contributed by atoms with Crippen molar-refractivity contribution in [1.29, 1.82) is 0 Å². The molecular weight excluding hydrogens is 405 g/mol. The molecule has 9 heteroatoms. The molecule has 3 aromatic rings. The van der Waals surface area contributed by atoms with Crippen molar-refractivity contribution < 1.29 is 13.2 Å². The van der Waals surface area contributed by atoms with Crippen LogP contribution in [0.3, 0.4) is 0 Å². The number of piperidine rings is 1. The van der Waals surface area contributed by atoms with Crippen LogP contribution in [0.2, 0.25) is 0 Å². The van der Waals surface area contributed by atoms with Crippen molar-refractivity contribution in [2.24, 2.45) is 0 Å². The number of halogens is 3. The molecule has 2 aromatic heterocycles. The molecule has 0 amide bonds. The predicted molar refractivity (Wildman–Crippen MR) is 113 cm³/mol. The molecule has 0 saturated carbocycles. The predicted octanol–water partition coefficient (Wildman–Crippen LogP) is 4.33. The molecule has 4 rings (SSSR count). The Morgan fingerprint density at radius 1 is 1.10 bits per heavy atom. The second kappa shape index (κ2) is 8.66. The normalized spacial score (nSPS) is 15.9. The van der Waals surface area contributed by atoms with Gasteiger partial charge >= 0.3 is 6.18 Å². The maximum absolute atomic E-state index is 13.0. The molecule has 0 radical (unpaired) electrons. The Morgan fingerprint density at radius 2 is 1.81 bits per heavy atom. The summed E-state index contributed by atoms with van der Waals surface area (Å²) in [6, 6.07) is 5.24. The number of hydrogen-bond acceptors (Lipinski definition) is 5. The molecule has 3 heterocycles. The number of aromatic amines is 1. The van der Waals surface area contributed by atoms with Gasteiger partial charge in [-0.1, -0.05) is 12.1 Å². The number of imidazole rings is 1. The van der Waals surface area contributed by atoms with Gasteiger partial charge in [0.2, 0.25) is 5.95 Å². The van der Waals surface area contributed by atoms with Crippen molar-refractivity contribution in [1.82, 2.24) is 24.8 Å². The molecule has 1 saturated heterocycles. The first-order valence-electron chi connectivity index (χ1n) is 10.2. The summed E-state index contributed by atoms with van der Waals surface area (Å²) in [5.74, 6) is 1.76. The Labute approximate surface area is 179 Å². The van der Waals surface area contributed by atoms with Crippen molar-refractivity contribution in [2.75, 3.05) is 32.1 Å². The van der Waals surface area contributed by atoms with Crippen molar-refractivity contribution in [3.05, 3.63) is 59.9 Å². The summed E-state index contributed by atoms with van der Waals surface area (Å²) >= 11 is 0. The van der Waals surface area contributed by atoms with Crippen LogP contribution in [0.25, 0.3) is 11.1 Å². The number of aromatic nitrogens is 4. The lowest BCUT2D eigenvalue weighted by atomic mass is 9.88. The number of H-pyrrole nitrogens is 1. The number of alkyl halides is 3. The lowest BCUT2D eigenvalue weighted by Gasteiger charge is -2.32. The highest BCUT2D eigenvalue weighted by Crippen LogP contribution is 2.36. The lowest BCUT2D eigenvalue weighted by molar-refractivity contribution is -0.137. The summed E-state index contributed by atoms with van der Waals surface area (Å²) in [5.41, 5.74) is 1.74. The van der Waals surface area contributed by atoms with E-state index >= 15 is 0 Å². The fourth-order valence-electron chi connectivity index (χ4n) is 3.93. The zero-order valence-corrected chi connectivity index (χ0v) is 17.5. The van der Waals surface area contributed by atoms with E-state index in [2.05, 4.69) is 19.9 Å². The van der Waals surface area contributed by atoms with Gasteiger partial charge in [-0.25, -0.2) is 15.0 Å². The van der Waals surface area contributed by atoms with Gasteiger partial charge in [0, 0.05) is 44.2 Å². The van der Waals surface area contributed by atoms with Crippen LogP contribution in [0.4, 0.5) is 19.1 Å². The molecule has 1 fully saturated rings. The van der Waals surface area contributed by atoms with Crippen molar-refractivity contribution >= 4 is 5.95 Å². The van der Waals surface area contributed by atoms with Gasteiger partial charge in [-0.3, -0.25) is 4.90 Å². The molecular formula is C22H25F3N6. The van der Waals surface area contributed by atoms with Crippen molar-refractivity contribution in [3.63, 3.8) is 0 Å². The fourth-order valence-corrected chi connectivity index (χ4v) is 3.93. The Morgan fingerprint density at radius 3 is 2.39 bits per heavy atom. The molecule has 1 aromatic carbocycles. The maximum Gasteiger partial charge on any atom is 0.416 e. The number of hydrogen-bond donors (Lipinski definition) is 1. The average molecular weight is 430 g/mol. The van der Waals surface area contributed by atoms with Gasteiger partial charge < -0.3 is 9.88 Å². The minimum atomic E-state index is -4.35. The summed E-state index contributed by atoms with van der Waals surface area (Å²) < 4.78 is 38.9. The molecule has 0 atom stereocenters. The van der Waals surface area contributed by atoms with Gasteiger partial charge in [0.05, 0.1) is 17.8 Å². The molecule has 164 valence electrons. The molecule has 1 aliphatic rings. The number of rotatable bonds is 5. The monoisotopic (exact) mass is 430 g/mol. The van der Waals surface area contributed by atoms with E-state index < -0.39 is 11.7 Å². The number of anilines is 1. The van der Waals surface area contributed by atoms with Crippen molar-refractivity contribution in [2.45, 2.75) is 31.5 Å². The van der Waals surface area contributed by atoms with Crippen LogP contribution < -0.4 is 4.90 Å². The third kappa shape index (κ3) is 4.87. The van der Waals surface area contributed by atoms with E-state index in [1.54, 1.807) is 12.4 Å². The summed E-state index contributed by atoms with van der Waals surface area (Å²) in [4.78, 5) is 20.8. The summed E-state index contributed by atoms with van der Waals surface area (Å²) in [5, 5.41) is 0. The van der Waals surface area contributed by atoms with Gasteiger partial charge in [0.25, 0.3) is 0 Å². The first kappa shape index (κ1) is 21.3. The Bertz CT molecular complexity index is 991. The SMILES string of the molecule is CN(C)c1ncc(-c2ccc(C(F)(F)F)cc2)c(C2CCN(Cc3ncc[nH]3)CC2)n1. The van der Waals surface area contributed by atoms with Gasteiger partial charge in [0.15, 0.2) is 0 Å². The van der Waals surface area contributed by atoms with Gasteiger partial charge in [0.1, 0.15) is 5.82 Å². The van der Waals surface area contributed by atoms with Gasteiger partial charge in [-0.15, -0.1) is 0 Å². The highest BCUT2D eigenvalue weighted by Gasteiger charge is 2.30. The van der Waals surface area contributed by atoms with Crippen LogP contribution in [0.5, 0.6) is 0 Å². The Kier molecular flexibility index (Phi) is 5.95. The molecule has 0 spiro atoms. The number of nitrogens with zero attached hydrogens (tertiary/aromatic N) is 5. The number of likely N-dealkylation sites (tertiary alicyclic amines) is 1. The van der Waals surface area contributed by atoms with Crippen LogP contribution in [0.1, 0.15) is 35.8 Å². The summed E-state index contributed by atoms with van der Waals surface area (Å²) in [6.07, 6.45) is 2.78. The minimum absolute atomic E-state index is 0.215. The van der Waals surface area contributed by atoms with E-state index in [4.69, 9.17) is 4.98 Å². The minimum Gasteiger partial charge on any atom is -0.348 e. The third-order valence-corrected chi connectivity index (χ3v) is 5.63. The molecule has 0 unspecified atom stereocenters. The van der Waals surface area contributed by atoms with Crippen LogP contribution >= 0.6 is 0 Å². The summed E-state index contributed by atoms with van der Waals surface area (Å²) in [6.45, 7) is 2.58. The van der Waals surface area contributed by atoms with Crippen LogP contribution in [0.15, 0.2) is 42.9 Å². The maximum atomic E-state index is 13.0. The molecule has 1 aliphatic heterocycles. The van der Waals surface area contributed by atoms with Gasteiger partial charge in [-0.2, -0.15) is 13.2 Å². The van der Waals surface area contributed by atoms with Crippen LogP contribution in [-0.2, 0) is 12.7 Å².